The van der Waals surface area contributed by atoms with Gasteiger partial charge in [0.25, 0.3) is 0 Å². The predicted molar refractivity (Wildman–Crippen MR) is 69.9 cm³/mol. The first-order chi connectivity index (χ1) is 8.09. The first-order valence-corrected chi connectivity index (χ1v) is 5.97. The van der Waals surface area contributed by atoms with Crippen LogP contribution in [0.2, 0.25) is 0 Å². The number of carbonyl (C=O) groups is 1. The van der Waals surface area contributed by atoms with E-state index in [-0.39, 0.29) is 11.9 Å². The van der Waals surface area contributed by atoms with Gasteiger partial charge in [0.2, 0.25) is 5.91 Å². The predicted octanol–water partition coefficient (Wildman–Crippen LogP) is 1.37. The molecule has 1 amide bonds. The molecule has 0 spiro atoms. The average Bonchev–Trinajstić information content (AvgIpc) is 3.11. The molecule has 1 atom stereocenters. The number of anilines is 2. The van der Waals surface area contributed by atoms with Crippen LogP contribution in [0.1, 0.15) is 19.8 Å². The van der Waals surface area contributed by atoms with Gasteiger partial charge in [0.05, 0.1) is 11.4 Å². The van der Waals surface area contributed by atoms with E-state index in [2.05, 4.69) is 5.32 Å². The van der Waals surface area contributed by atoms with Crippen molar-refractivity contribution >= 4 is 17.3 Å². The topological polar surface area (TPSA) is 58.4 Å². The second kappa shape index (κ2) is 4.65. The number of amides is 1. The lowest BCUT2D eigenvalue weighted by atomic mass is 10.2. The number of nitrogens with two attached hydrogens (primary N) is 1. The number of carbonyl (C=O) groups excluding carboxylic acids is 1. The number of benzene rings is 1. The lowest BCUT2D eigenvalue weighted by Crippen LogP contribution is -2.44. The maximum absolute atomic E-state index is 11.9. The molecule has 17 heavy (non-hydrogen) atoms. The second-order valence-corrected chi connectivity index (χ2v) is 4.63. The van der Waals surface area contributed by atoms with E-state index in [1.165, 1.54) is 0 Å². The van der Waals surface area contributed by atoms with Gasteiger partial charge in [-0.25, -0.2) is 0 Å². The van der Waals surface area contributed by atoms with Crippen molar-refractivity contribution in [2.45, 2.75) is 31.8 Å². The molecule has 1 aliphatic rings. The van der Waals surface area contributed by atoms with Gasteiger partial charge in [-0.2, -0.15) is 0 Å². The van der Waals surface area contributed by atoms with Gasteiger partial charge in [-0.3, -0.25) is 4.79 Å². The molecule has 4 heteroatoms. The Morgan fingerprint density at radius 1 is 1.47 bits per heavy atom. The highest BCUT2D eigenvalue weighted by molar-refractivity contribution is 5.86. The first kappa shape index (κ1) is 11.8. The van der Waals surface area contributed by atoms with Gasteiger partial charge in [0.15, 0.2) is 0 Å². The van der Waals surface area contributed by atoms with Crippen LogP contribution in [0.5, 0.6) is 0 Å². The molecule has 0 radical (unpaired) electrons. The summed E-state index contributed by atoms with van der Waals surface area (Å²) in [6, 6.07) is 7.77. The fourth-order valence-corrected chi connectivity index (χ4v) is 1.74. The van der Waals surface area contributed by atoms with Crippen molar-refractivity contribution in [3.63, 3.8) is 0 Å². The highest BCUT2D eigenvalue weighted by Crippen LogP contribution is 2.24. The minimum absolute atomic E-state index is 0.0678. The largest absolute Gasteiger partial charge is 0.397 e. The number of hydrogen-bond acceptors (Lipinski definition) is 3. The zero-order chi connectivity index (χ0) is 12.4. The highest BCUT2D eigenvalue weighted by atomic mass is 16.2. The summed E-state index contributed by atoms with van der Waals surface area (Å²) in [6.45, 7) is 1.89. The molecule has 0 saturated heterocycles. The molecule has 0 aliphatic heterocycles. The van der Waals surface area contributed by atoms with E-state index in [1.54, 1.807) is 0 Å². The third-order valence-corrected chi connectivity index (χ3v) is 3.20. The van der Waals surface area contributed by atoms with Crippen LogP contribution in [-0.2, 0) is 4.79 Å². The Kier molecular flexibility index (Phi) is 3.22. The third kappa shape index (κ3) is 2.70. The number of hydrogen-bond donors (Lipinski definition) is 2. The number of likely N-dealkylation sites (N-methyl/N-ethyl adjacent to an activating group) is 1. The molecule has 3 N–H and O–H groups in total. The van der Waals surface area contributed by atoms with Crippen LogP contribution >= 0.6 is 0 Å². The van der Waals surface area contributed by atoms with Crippen molar-refractivity contribution in [3.05, 3.63) is 24.3 Å². The normalized spacial score (nSPS) is 16.4. The standard InChI is InChI=1S/C13H19N3O/c1-9(13(17)15-10-7-8-10)16(2)12-6-4-3-5-11(12)14/h3-6,9-10H,7-8,14H2,1-2H3,(H,15,17). The number of para-hydroxylation sites is 2. The lowest BCUT2D eigenvalue weighted by molar-refractivity contribution is -0.122. The summed E-state index contributed by atoms with van der Waals surface area (Å²) in [5, 5.41) is 3.00. The summed E-state index contributed by atoms with van der Waals surface area (Å²) >= 11 is 0. The zero-order valence-electron chi connectivity index (χ0n) is 10.3. The number of nitrogens with zero attached hydrogens (tertiary/aromatic N) is 1. The van der Waals surface area contributed by atoms with Crippen LogP contribution in [0.15, 0.2) is 24.3 Å². The van der Waals surface area contributed by atoms with Crippen LogP contribution in [-0.4, -0.2) is 25.0 Å². The van der Waals surface area contributed by atoms with E-state index in [4.69, 9.17) is 5.73 Å². The molecule has 0 bridgehead atoms. The van der Waals surface area contributed by atoms with Crippen LogP contribution in [0.3, 0.4) is 0 Å². The van der Waals surface area contributed by atoms with E-state index in [1.807, 2.05) is 43.1 Å². The van der Waals surface area contributed by atoms with Crippen molar-refractivity contribution in [1.82, 2.24) is 5.32 Å². The van der Waals surface area contributed by atoms with Crippen LogP contribution < -0.4 is 16.0 Å². The van der Waals surface area contributed by atoms with Crippen molar-refractivity contribution in [2.24, 2.45) is 0 Å². The fourth-order valence-electron chi connectivity index (χ4n) is 1.74. The smallest absolute Gasteiger partial charge is 0.242 e. The maximum atomic E-state index is 11.9. The quantitative estimate of drug-likeness (QED) is 0.772. The van der Waals surface area contributed by atoms with E-state index in [0.717, 1.165) is 18.5 Å². The molecule has 1 fully saturated rings. The Bertz CT molecular complexity index is 415. The molecule has 0 heterocycles. The van der Waals surface area contributed by atoms with E-state index in [9.17, 15) is 4.79 Å². The Balaban J connectivity index is 2.05. The van der Waals surface area contributed by atoms with Gasteiger partial charge in [-0.05, 0) is 31.9 Å². The Hall–Kier alpha value is -1.71. The van der Waals surface area contributed by atoms with Gasteiger partial charge in [-0.1, -0.05) is 12.1 Å². The molecular formula is C13H19N3O. The molecule has 2 rings (SSSR count). The maximum Gasteiger partial charge on any atom is 0.242 e. The Morgan fingerprint density at radius 2 is 2.12 bits per heavy atom. The number of nitrogen functional groups attached to an aromatic ring is 1. The van der Waals surface area contributed by atoms with Crippen LogP contribution in [0.25, 0.3) is 0 Å². The molecule has 1 unspecified atom stereocenters. The van der Waals surface area contributed by atoms with Crippen molar-refractivity contribution in [3.8, 4) is 0 Å². The summed E-state index contributed by atoms with van der Waals surface area (Å²) < 4.78 is 0. The van der Waals surface area contributed by atoms with E-state index < -0.39 is 0 Å². The van der Waals surface area contributed by atoms with Gasteiger partial charge in [-0.15, -0.1) is 0 Å². The molecule has 4 nitrogen and oxygen atoms in total. The van der Waals surface area contributed by atoms with E-state index >= 15 is 0 Å². The molecular weight excluding hydrogens is 214 g/mol. The van der Waals surface area contributed by atoms with E-state index in [0.29, 0.717) is 11.7 Å². The van der Waals surface area contributed by atoms with Crippen molar-refractivity contribution in [2.75, 3.05) is 17.7 Å². The van der Waals surface area contributed by atoms with Crippen LogP contribution in [0.4, 0.5) is 11.4 Å². The average molecular weight is 233 g/mol. The molecule has 1 aromatic rings. The van der Waals surface area contributed by atoms with Gasteiger partial charge in [0.1, 0.15) is 6.04 Å². The fraction of sp³-hybridized carbons (Fsp3) is 0.462. The van der Waals surface area contributed by atoms with Crippen LogP contribution in [0, 0.1) is 0 Å². The molecule has 1 saturated carbocycles. The number of rotatable bonds is 4. The summed E-state index contributed by atoms with van der Waals surface area (Å²) in [5.41, 5.74) is 7.49. The Labute approximate surface area is 102 Å². The first-order valence-electron chi connectivity index (χ1n) is 5.97. The molecule has 1 aliphatic carbocycles. The monoisotopic (exact) mass is 233 g/mol. The summed E-state index contributed by atoms with van der Waals surface area (Å²) in [6.07, 6.45) is 2.21. The minimum atomic E-state index is -0.208. The summed E-state index contributed by atoms with van der Waals surface area (Å²) in [5.74, 6) is 0.0678. The van der Waals surface area contributed by atoms with Gasteiger partial charge >= 0.3 is 0 Å². The number of nitrogens with one attached hydrogen (secondary N) is 1. The molecule has 0 aromatic heterocycles. The highest BCUT2D eigenvalue weighted by Gasteiger charge is 2.27. The molecule has 92 valence electrons. The minimum Gasteiger partial charge on any atom is -0.397 e. The lowest BCUT2D eigenvalue weighted by Gasteiger charge is -2.27. The second-order valence-electron chi connectivity index (χ2n) is 4.63. The van der Waals surface area contributed by atoms with Crippen molar-refractivity contribution < 1.29 is 4.79 Å². The summed E-state index contributed by atoms with van der Waals surface area (Å²) in [4.78, 5) is 13.8. The van der Waals surface area contributed by atoms with Gasteiger partial charge < -0.3 is 16.0 Å². The molecule has 1 aromatic carbocycles. The third-order valence-electron chi connectivity index (χ3n) is 3.20. The summed E-state index contributed by atoms with van der Waals surface area (Å²) in [7, 11) is 1.89. The van der Waals surface area contributed by atoms with Gasteiger partial charge in [0, 0.05) is 13.1 Å². The zero-order valence-corrected chi connectivity index (χ0v) is 10.3. The SMILES string of the molecule is CC(C(=O)NC1CC1)N(C)c1ccccc1N. The van der Waals surface area contributed by atoms with Crippen molar-refractivity contribution in [1.29, 1.82) is 0 Å². The Morgan fingerprint density at radius 3 is 2.71 bits per heavy atom.